The molecular weight excluding hydrogens is 417 g/mol. The van der Waals surface area contributed by atoms with Crippen LogP contribution in [0.1, 0.15) is 28.5 Å². The molecule has 1 N–H and O–H groups in total. The number of nitro benzene ring substituents is 1. The molecule has 0 atom stereocenters. The lowest BCUT2D eigenvalue weighted by molar-refractivity contribution is -0.384. The van der Waals surface area contributed by atoms with Gasteiger partial charge in [0.1, 0.15) is 5.69 Å². The van der Waals surface area contributed by atoms with Gasteiger partial charge < -0.3 is 9.72 Å². The minimum absolute atomic E-state index is 0.101. The monoisotopic (exact) mass is 429 g/mol. The molecule has 0 unspecified atom stereocenters. The summed E-state index contributed by atoms with van der Waals surface area (Å²) in [5.41, 5.74) is 1.22. The summed E-state index contributed by atoms with van der Waals surface area (Å²) in [6.45, 7) is 1.82. The Balaban J connectivity index is 2.27. The van der Waals surface area contributed by atoms with Crippen LogP contribution in [0.15, 0.2) is 36.4 Å². The fraction of sp³-hybridized carbons (Fsp3) is 0.100. The van der Waals surface area contributed by atoms with Gasteiger partial charge in [-0.1, -0.05) is 35.3 Å². The molecule has 3 aromatic rings. The lowest BCUT2D eigenvalue weighted by atomic mass is 10.0. The van der Waals surface area contributed by atoms with Crippen LogP contribution in [0.5, 0.6) is 0 Å². The highest BCUT2D eigenvalue weighted by Crippen LogP contribution is 2.35. The van der Waals surface area contributed by atoms with Gasteiger partial charge in [0.15, 0.2) is 0 Å². The van der Waals surface area contributed by atoms with Crippen molar-refractivity contribution in [2.75, 3.05) is 6.61 Å². The second-order valence-corrected chi connectivity index (χ2v) is 6.77. The van der Waals surface area contributed by atoms with Crippen LogP contribution in [-0.2, 0) is 4.74 Å². The number of nitriles is 1. The first-order chi connectivity index (χ1) is 13.8. The predicted molar refractivity (Wildman–Crippen MR) is 111 cm³/mol. The third-order valence-electron chi connectivity index (χ3n) is 4.11. The summed E-state index contributed by atoms with van der Waals surface area (Å²) in [5, 5.41) is 21.8. The summed E-state index contributed by atoms with van der Waals surface area (Å²) >= 11 is 12.4. The Labute approximate surface area is 175 Å². The van der Waals surface area contributed by atoms with Gasteiger partial charge in [0, 0.05) is 33.6 Å². The molecule has 0 spiro atoms. The summed E-state index contributed by atoms with van der Waals surface area (Å²) in [6.07, 6.45) is 1.45. The highest BCUT2D eigenvalue weighted by molar-refractivity contribution is 6.39. The first kappa shape index (κ1) is 20.4. The highest BCUT2D eigenvalue weighted by atomic mass is 35.5. The Hall–Kier alpha value is -3.34. The van der Waals surface area contributed by atoms with E-state index in [-0.39, 0.29) is 28.6 Å². The van der Waals surface area contributed by atoms with Gasteiger partial charge in [-0.25, -0.2) is 4.79 Å². The molecule has 7 nitrogen and oxygen atoms in total. The van der Waals surface area contributed by atoms with Crippen molar-refractivity contribution in [1.29, 1.82) is 5.26 Å². The number of benzene rings is 2. The molecule has 0 fully saturated rings. The SMILES string of the molecule is CCOC(=O)c1[nH]c2cc(Cl)cc(Cl)c2c1C=C(C#N)c1cccc([N+](=O)[O-])c1. The van der Waals surface area contributed by atoms with Crippen LogP contribution in [0.2, 0.25) is 10.0 Å². The van der Waals surface area contributed by atoms with E-state index in [0.717, 1.165) is 0 Å². The van der Waals surface area contributed by atoms with E-state index in [1.807, 2.05) is 6.07 Å². The van der Waals surface area contributed by atoms with E-state index in [9.17, 15) is 20.2 Å². The van der Waals surface area contributed by atoms with Gasteiger partial charge in [-0.15, -0.1) is 0 Å². The Bertz CT molecular complexity index is 1210. The van der Waals surface area contributed by atoms with Gasteiger partial charge >= 0.3 is 5.97 Å². The van der Waals surface area contributed by atoms with Crippen LogP contribution in [0.4, 0.5) is 5.69 Å². The first-order valence-electron chi connectivity index (χ1n) is 8.40. The van der Waals surface area contributed by atoms with Gasteiger partial charge in [0.05, 0.1) is 28.2 Å². The number of nitro groups is 1. The van der Waals surface area contributed by atoms with Crippen LogP contribution in [-0.4, -0.2) is 22.5 Å². The maximum atomic E-state index is 12.5. The molecule has 0 amide bonds. The zero-order chi connectivity index (χ0) is 21.1. The molecule has 0 bridgehead atoms. The summed E-state index contributed by atoms with van der Waals surface area (Å²) in [5.74, 6) is -0.626. The molecule has 1 heterocycles. The predicted octanol–water partition coefficient (Wildman–Crippen LogP) is 5.62. The van der Waals surface area contributed by atoms with E-state index in [1.54, 1.807) is 19.1 Å². The molecule has 0 radical (unpaired) electrons. The fourth-order valence-electron chi connectivity index (χ4n) is 2.89. The van der Waals surface area contributed by atoms with Crippen LogP contribution < -0.4 is 0 Å². The molecular formula is C20H13Cl2N3O4. The Morgan fingerprint density at radius 1 is 1.34 bits per heavy atom. The highest BCUT2D eigenvalue weighted by Gasteiger charge is 2.21. The quantitative estimate of drug-likeness (QED) is 0.244. The average Bonchev–Trinajstić information content (AvgIpc) is 3.04. The number of halogens is 2. The van der Waals surface area contributed by atoms with Crippen LogP contribution >= 0.6 is 23.2 Å². The lowest BCUT2D eigenvalue weighted by Gasteiger charge is -2.04. The third-order valence-corrected chi connectivity index (χ3v) is 4.63. The lowest BCUT2D eigenvalue weighted by Crippen LogP contribution is -2.06. The van der Waals surface area contributed by atoms with Crippen molar-refractivity contribution in [2.45, 2.75) is 6.92 Å². The van der Waals surface area contributed by atoms with Crippen molar-refractivity contribution >= 4 is 57.4 Å². The minimum Gasteiger partial charge on any atom is -0.461 e. The number of ether oxygens (including phenoxy) is 1. The Morgan fingerprint density at radius 3 is 2.76 bits per heavy atom. The first-order valence-corrected chi connectivity index (χ1v) is 9.15. The number of H-pyrrole nitrogens is 1. The Morgan fingerprint density at radius 2 is 2.10 bits per heavy atom. The zero-order valence-corrected chi connectivity index (χ0v) is 16.5. The fourth-order valence-corrected chi connectivity index (χ4v) is 3.49. The molecule has 0 aliphatic carbocycles. The largest absolute Gasteiger partial charge is 0.461 e. The number of non-ortho nitro benzene ring substituents is 1. The van der Waals surface area contributed by atoms with Crippen LogP contribution in [0.3, 0.4) is 0 Å². The van der Waals surface area contributed by atoms with Crippen molar-refractivity contribution in [2.24, 2.45) is 0 Å². The molecule has 0 aliphatic rings. The normalized spacial score (nSPS) is 11.3. The van der Waals surface area contributed by atoms with Crippen molar-refractivity contribution in [3.05, 3.63) is 73.4 Å². The summed E-state index contributed by atoms with van der Waals surface area (Å²) in [6, 6.07) is 10.8. The molecule has 0 aliphatic heterocycles. The van der Waals surface area contributed by atoms with Crippen LogP contribution in [0.25, 0.3) is 22.6 Å². The Kier molecular flexibility index (Phi) is 5.87. The molecule has 29 heavy (non-hydrogen) atoms. The topological polar surface area (TPSA) is 109 Å². The van der Waals surface area contributed by atoms with E-state index in [0.29, 0.717) is 27.1 Å². The number of carbonyl (C=O) groups excluding carboxylic acids is 1. The van der Waals surface area contributed by atoms with E-state index >= 15 is 0 Å². The second-order valence-electron chi connectivity index (χ2n) is 5.92. The van der Waals surface area contributed by atoms with E-state index in [4.69, 9.17) is 27.9 Å². The zero-order valence-electron chi connectivity index (χ0n) is 15.0. The van der Waals surface area contributed by atoms with Crippen LogP contribution in [0, 0.1) is 21.4 Å². The molecule has 9 heteroatoms. The maximum absolute atomic E-state index is 12.5. The number of allylic oxidation sites excluding steroid dienone is 1. The minimum atomic E-state index is -0.626. The smallest absolute Gasteiger partial charge is 0.355 e. The number of nitrogens with one attached hydrogen (secondary N) is 1. The number of rotatable bonds is 5. The van der Waals surface area contributed by atoms with Gasteiger partial charge in [0.2, 0.25) is 0 Å². The molecule has 0 saturated carbocycles. The number of esters is 1. The van der Waals surface area contributed by atoms with E-state index < -0.39 is 10.9 Å². The molecule has 0 saturated heterocycles. The van der Waals surface area contributed by atoms with Crippen molar-refractivity contribution in [1.82, 2.24) is 4.98 Å². The number of nitrogens with zero attached hydrogens (tertiary/aromatic N) is 2. The number of hydrogen-bond donors (Lipinski definition) is 1. The number of hydrogen-bond acceptors (Lipinski definition) is 5. The maximum Gasteiger partial charge on any atom is 0.355 e. The molecule has 2 aromatic carbocycles. The standard InChI is InChI=1S/C20H13Cl2N3O4/c1-2-29-20(26)19-15(18-16(22)8-13(21)9-17(18)24-19)7-12(10-23)11-4-3-5-14(6-11)25(27)28/h3-9,24H,2H2,1H3. The second kappa shape index (κ2) is 8.35. The van der Waals surface area contributed by atoms with Gasteiger partial charge in [-0.05, 0) is 30.7 Å². The van der Waals surface area contributed by atoms with Gasteiger partial charge in [0.25, 0.3) is 5.69 Å². The van der Waals surface area contributed by atoms with Crippen molar-refractivity contribution in [3.8, 4) is 6.07 Å². The van der Waals surface area contributed by atoms with E-state index in [2.05, 4.69) is 4.98 Å². The summed E-state index contributed by atoms with van der Waals surface area (Å²) < 4.78 is 5.09. The summed E-state index contributed by atoms with van der Waals surface area (Å²) in [7, 11) is 0. The number of fused-ring (bicyclic) bond motifs is 1. The average molecular weight is 430 g/mol. The molecule has 3 rings (SSSR count). The van der Waals surface area contributed by atoms with Crippen molar-refractivity contribution in [3.63, 3.8) is 0 Å². The number of carbonyl (C=O) groups is 1. The third kappa shape index (κ3) is 4.09. The molecule has 146 valence electrons. The number of aromatic nitrogens is 1. The summed E-state index contributed by atoms with van der Waals surface area (Å²) in [4.78, 5) is 25.9. The van der Waals surface area contributed by atoms with Gasteiger partial charge in [-0.3, -0.25) is 10.1 Å². The van der Waals surface area contributed by atoms with Gasteiger partial charge in [-0.2, -0.15) is 5.26 Å². The number of aromatic amines is 1. The molecule has 1 aromatic heterocycles. The van der Waals surface area contributed by atoms with Crippen molar-refractivity contribution < 1.29 is 14.5 Å². The van der Waals surface area contributed by atoms with E-state index in [1.165, 1.54) is 30.3 Å².